The van der Waals surface area contributed by atoms with Crippen molar-refractivity contribution in [3.05, 3.63) is 0 Å². The summed E-state index contributed by atoms with van der Waals surface area (Å²) in [7, 11) is 0. The van der Waals surface area contributed by atoms with Gasteiger partial charge in [-0.25, -0.2) is 0 Å². The summed E-state index contributed by atoms with van der Waals surface area (Å²) in [4.78, 5) is 0. The molecule has 1 aliphatic carbocycles. The van der Waals surface area contributed by atoms with E-state index in [0.717, 1.165) is 16.9 Å². The van der Waals surface area contributed by atoms with Gasteiger partial charge in [-0.15, -0.1) is 0 Å². The molecule has 0 radical (unpaired) electrons. The summed E-state index contributed by atoms with van der Waals surface area (Å²) in [6.07, 6.45) is 3.94. The monoisotopic (exact) mass is 232 g/mol. The van der Waals surface area contributed by atoms with Gasteiger partial charge in [-0.2, -0.15) is 11.8 Å². The van der Waals surface area contributed by atoms with Gasteiger partial charge in [0.25, 0.3) is 0 Å². The summed E-state index contributed by atoms with van der Waals surface area (Å²) < 4.78 is 0. The van der Waals surface area contributed by atoms with E-state index in [-0.39, 0.29) is 0 Å². The first-order chi connectivity index (χ1) is 6.77. The molecule has 0 aromatic heterocycles. The van der Waals surface area contributed by atoms with E-state index in [1.165, 1.54) is 25.0 Å². The zero-order valence-corrected chi connectivity index (χ0v) is 10.6. The second-order valence-corrected chi connectivity index (χ2v) is 5.46. The molecule has 0 aliphatic heterocycles. The highest BCUT2D eigenvalue weighted by Crippen LogP contribution is 2.29. The summed E-state index contributed by atoms with van der Waals surface area (Å²) in [5, 5.41) is 8.14. The van der Waals surface area contributed by atoms with Gasteiger partial charge >= 0.3 is 0 Å². The Kier molecular flexibility index (Phi) is 5.63. The van der Waals surface area contributed by atoms with Crippen molar-refractivity contribution < 1.29 is 0 Å². The zero-order chi connectivity index (χ0) is 10.4. The SMILES string of the molecule is CCNC(=S)NC1CCCC1SCC. The van der Waals surface area contributed by atoms with Gasteiger partial charge in [0.15, 0.2) is 5.11 Å². The molecule has 1 saturated carbocycles. The maximum Gasteiger partial charge on any atom is 0.166 e. The van der Waals surface area contributed by atoms with Crippen molar-refractivity contribution in [2.45, 2.75) is 44.4 Å². The Morgan fingerprint density at radius 3 is 2.86 bits per heavy atom. The number of thioether (sulfide) groups is 1. The molecule has 0 aromatic carbocycles. The van der Waals surface area contributed by atoms with Crippen LogP contribution in [-0.4, -0.2) is 28.7 Å². The van der Waals surface area contributed by atoms with E-state index in [1.807, 2.05) is 0 Å². The number of hydrogen-bond donors (Lipinski definition) is 2. The van der Waals surface area contributed by atoms with Crippen LogP contribution in [0.5, 0.6) is 0 Å². The summed E-state index contributed by atoms with van der Waals surface area (Å²) in [5.74, 6) is 1.21. The standard InChI is InChI=1S/C10H20N2S2/c1-3-11-10(13)12-8-6-5-7-9(8)14-4-2/h8-9H,3-7H2,1-2H3,(H2,11,12,13). The second kappa shape index (κ2) is 6.51. The molecule has 0 spiro atoms. The Labute approximate surface area is 96.6 Å². The molecule has 2 N–H and O–H groups in total. The van der Waals surface area contributed by atoms with Gasteiger partial charge in [0.1, 0.15) is 0 Å². The molecule has 4 heteroatoms. The highest BCUT2D eigenvalue weighted by Gasteiger charge is 2.27. The molecule has 82 valence electrons. The normalized spacial score (nSPS) is 26.1. The summed E-state index contributed by atoms with van der Waals surface area (Å²) in [5.41, 5.74) is 0. The molecule has 0 amide bonds. The molecule has 0 aromatic rings. The highest BCUT2D eigenvalue weighted by atomic mass is 32.2. The van der Waals surface area contributed by atoms with Gasteiger partial charge < -0.3 is 10.6 Å². The van der Waals surface area contributed by atoms with Gasteiger partial charge in [-0.05, 0) is 37.7 Å². The Balaban J connectivity index is 2.31. The molecule has 2 atom stereocenters. The Bertz CT molecular complexity index is 185. The van der Waals surface area contributed by atoms with Crippen LogP contribution in [0.1, 0.15) is 33.1 Å². The average Bonchev–Trinajstić information content (AvgIpc) is 2.54. The quantitative estimate of drug-likeness (QED) is 0.725. The van der Waals surface area contributed by atoms with E-state index in [1.54, 1.807) is 0 Å². The third-order valence-corrected chi connectivity index (χ3v) is 4.08. The zero-order valence-electron chi connectivity index (χ0n) is 9.01. The molecule has 1 fully saturated rings. The predicted octanol–water partition coefficient (Wildman–Crippen LogP) is 2.14. The van der Waals surface area contributed by atoms with Crippen molar-refractivity contribution in [3.8, 4) is 0 Å². The van der Waals surface area contributed by atoms with Crippen molar-refractivity contribution in [3.63, 3.8) is 0 Å². The van der Waals surface area contributed by atoms with Gasteiger partial charge in [-0.1, -0.05) is 13.3 Å². The van der Waals surface area contributed by atoms with E-state index in [9.17, 15) is 0 Å². The van der Waals surface area contributed by atoms with Crippen LogP contribution in [0.2, 0.25) is 0 Å². The Hall–Kier alpha value is 0.0400. The lowest BCUT2D eigenvalue weighted by Gasteiger charge is -2.21. The Morgan fingerprint density at radius 1 is 1.43 bits per heavy atom. The van der Waals surface area contributed by atoms with Gasteiger partial charge in [0.05, 0.1) is 0 Å². The van der Waals surface area contributed by atoms with E-state index in [4.69, 9.17) is 12.2 Å². The maximum absolute atomic E-state index is 5.20. The summed E-state index contributed by atoms with van der Waals surface area (Å²) in [6.45, 7) is 5.20. The minimum absolute atomic E-state index is 0.589. The van der Waals surface area contributed by atoms with Crippen molar-refractivity contribution in [1.29, 1.82) is 0 Å². The van der Waals surface area contributed by atoms with Gasteiger partial charge in [-0.3, -0.25) is 0 Å². The van der Waals surface area contributed by atoms with E-state index >= 15 is 0 Å². The Morgan fingerprint density at radius 2 is 2.21 bits per heavy atom. The third-order valence-electron chi connectivity index (χ3n) is 2.49. The summed E-state index contributed by atoms with van der Waals surface area (Å²) >= 11 is 7.25. The number of thiocarbonyl (C=S) groups is 1. The van der Waals surface area contributed by atoms with Crippen molar-refractivity contribution in [1.82, 2.24) is 10.6 Å². The number of hydrogen-bond acceptors (Lipinski definition) is 2. The molecule has 2 unspecified atom stereocenters. The minimum Gasteiger partial charge on any atom is -0.363 e. The molecule has 0 saturated heterocycles. The minimum atomic E-state index is 0.589. The highest BCUT2D eigenvalue weighted by molar-refractivity contribution is 7.99. The lowest BCUT2D eigenvalue weighted by atomic mass is 10.2. The largest absolute Gasteiger partial charge is 0.363 e. The molecule has 0 bridgehead atoms. The second-order valence-electron chi connectivity index (χ2n) is 3.53. The van der Waals surface area contributed by atoms with Crippen LogP contribution in [0.3, 0.4) is 0 Å². The molecule has 14 heavy (non-hydrogen) atoms. The van der Waals surface area contributed by atoms with Crippen molar-refractivity contribution >= 4 is 29.1 Å². The molecule has 0 heterocycles. The van der Waals surface area contributed by atoms with Crippen LogP contribution in [0.25, 0.3) is 0 Å². The molecular weight excluding hydrogens is 212 g/mol. The smallest absolute Gasteiger partial charge is 0.166 e. The van der Waals surface area contributed by atoms with Crippen LogP contribution >= 0.6 is 24.0 Å². The third kappa shape index (κ3) is 3.65. The fourth-order valence-corrected chi connectivity index (χ4v) is 3.38. The molecule has 1 aliphatic rings. The van der Waals surface area contributed by atoms with Gasteiger partial charge in [0, 0.05) is 17.8 Å². The lowest BCUT2D eigenvalue weighted by molar-refractivity contribution is 0.633. The van der Waals surface area contributed by atoms with E-state index in [0.29, 0.717) is 6.04 Å². The van der Waals surface area contributed by atoms with Crippen LogP contribution in [0, 0.1) is 0 Å². The van der Waals surface area contributed by atoms with Crippen LogP contribution in [0.15, 0.2) is 0 Å². The fraction of sp³-hybridized carbons (Fsp3) is 0.900. The molecule has 1 rings (SSSR count). The molecule has 2 nitrogen and oxygen atoms in total. The van der Waals surface area contributed by atoms with Gasteiger partial charge in [0.2, 0.25) is 0 Å². The fourth-order valence-electron chi connectivity index (χ4n) is 1.88. The molecular formula is C10H20N2S2. The summed E-state index contributed by atoms with van der Waals surface area (Å²) in [6, 6.07) is 0.589. The van der Waals surface area contributed by atoms with Crippen LogP contribution < -0.4 is 10.6 Å². The first-order valence-corrected chi connectivity index (χ1v) is 6.89. The first-order valence-electron chi connectivity index (χ1n) is 5.43. The first kappa shape index (κ1) is 12.1. The van der Waals surface area contributed by atoms with Crippen molar-refractivity contribution in [2.24, 2.45) is 0 Å². The number of rotatable bonds is 4. The maximum atomic E-state index is 5.20. The predicted molar refractivity (Wildman–Crippen MR) is 69.0 cm³/mol. The lowest BCUT2D eigenvalue weighted by Crippen LogP contribution is -2.44. The van der Waals surface area contributed by atoms with E-state index < -0.39 is 0 Å². The van der Waals surface area contributed by atoms with Crippen LogP contribution in [0.4, 0.5) is 0 Å². The average molecular weight is 232 g/mol. The van der Waals surface area contributed by atoms with Crippen molar-refractivity contribution in [2.75, 3.05) is 12.3 Å². The van der Waals surface area contributed by atoms with E-state index in [2.05, 4.69) is 36.2 Å². The van der Waals surface area contributed by atoms with Crippen LogP contribution in [-0.2, 0) is 0 Å². The number of nitrogens with one attached hydrogen (secondary N) is 2. The topological polar surface area (TPSA) is 24.1 Å².